The summed E-state index contributed by atoms with van der Waals surface area (Å²) >= 11 is 0. The Morgan fingerprint density at radius 1 is 1.50 bits per heavy atom. The van der Waals surface area contributed by atoms with Gasteiger partial charge in [0.15, 0.2) is 5.78 Å². The standard InChI is InChI=1S/C13H14N2O3/c1-3-9-8-11-10(12(17)6-7-16)4-5-13(18-2)15(11)14-9/h4-5,7-8H,3,6H2,1-2H3. The normalized spacial score (nSPS) is 10.6. The molecule has 0 aromatic carbocycles. The lowest BCUT2D eigenvalue weighted by Gasteiger charge is -2.06. The summed E-state index contributed by atoms with van der Waals surface area (Å²) in [5.74, 6) is 0.354. The highest BCUT2D eigenvalue weighted by atomic mass is 16.5. The maximum atomic E-state index is 11.8. The van der Waals surface area contributed by atoms with E-state index in [1.54, 1.807) is 23.8 Å². The molecule has 0 aliphatic rings. The van der Waals surface area contributed by atoms with Crippen LogP contribution >= 0.6 is 0 Å². The van der Waals surface area contributed by atoms with Crippen LogP contribution in [0.4, 0.5) is 0 Å². The van der Waals surface area contributed by atoms with Gasteiger partial charge in [0, 0.05) is 11.6 Å². The fraction of sp³-hybridized carbons (Fsp3) is 0.308. The number of aromatic nitrogens is 2. The van der Waals surface area contributed by atoms with Gasteiger partial charge in [-0.25, -0.2) is 4.52 Å². The van der Waals surface area contributed by atoms with Crippen molar-refractivity contribution >= 4 is 17.6 Å². The monoisotopic (exact) mass is 246 g/mol. The number of hydrogen-bond donors (Lipinski definition) is 0. The predicted molar refractivity (Wildman–Crippen MR) is 66.1 cm³/mol. The molecule has 0 aliphatic heterocycles. The molecule has 5 heteroatoms. The van der Waals surface area contributed by atoms with Crippen molar-refractivity contribution in [2.24, 2.45) is 0 Å². The summed E-state index contributed by atoms with van der Waals surface area (Å²) in [7, 11) is 1.55. The van der Waals surface area contributed by atoms with E-state index in [0.717, 1.165) is 12.1 Å². The van der Waals surface area contributed by atoms with Crippen LogP contribution in [0.3, 0.4) is 0 Å². The number of carbonyl (C=O) groups is 2. The van der Waals surface area contributed by atoms with Crippen LogP contribution in [0.1, 0.15) is 29.4 Å². The predicted octanol–water partition coefficient (Wildman–Crippen LogP) is 1.68. The van der Waals surface area contributed by atoms with Gasteiger partial charge < -0.3 is 9.53 Å². The van der Waals surface area contributed by atoms with Gasteiger partial charge in [-0.05, 0) is 18.6 Å². The van der Waals surface area contributed by atoms with Crippen LogP contribution in [0.5, 0.6) is 5.88 Å². The number of pyridine rings is 1. The van der Waals surface area contributed by atoms with Gasteiger partial charge in [-0.15, -0.1) is 0 Å². The molecule has 0 spiro atoms. The summed E-state index contributed by atoms with van der Waals surface area (Å²) in [6, 6.07) is 5.19. The van der Waals surface area contributed by atoms with E-state index in [1.807, 2.05) is 13.0 Å². The molecule has 0 bridgehead atoms. The third-order valence-corrected chi connectivity index (χ3v) is 2.78. The van der Waals surface area contributed by atoms with E-state index in [9.17, 15) is 9.59 Å². The topological polar surface area (TPSA) is 60.7 Å². The van der Waals surface area contributed by atoms with Crippen molar-refractivity contribution in [1.29, 1.82) is 0 Å². The first-order valence-electron chi connectivity index (χ1n) is 5.73. The summed E-state index contributed by atoms with van der Waals surface area (Å²) in [6.45, 7) is 1.99. The average molecular weight is 246 g/mol. The first-order chi connectivity index (χ1) is 8.71. The molecular weight excluding hydrogens is 232 g/mol. The summed E-state index contributed by atoms with van der Waals surface area (Å²) < 4.78 is 6.79. The average Bonchev–Trinajstić information content (AvgIpc) is 2.81. The molecular formula is C13H14N2O3. The number of ether oxygens (including phenoxy) is 1. The molecule has 0 saturated carbocycles. The Morgan fingerprint density at radius 3 is 2.89 bits per heavy atom. The second-order valence-corrected chi connectivity index (χ2v) is 3.87. The van der Waals surface area contributed by atoms with Gasteiger partial charge >= 0.3 is 0 Å². The maximum absolute atomic E-state index is 11.8. The first kappa shape index (κ1) is 12.3. The van der Waals surface area contributed by atoms with E-state index in [1.165, 1.54) is 0 Å². The number of methoxy groups -OCH3 is 1. The van der Waals surface area contributed by atoms with Crippen LogP contribution < -0.4 is 4.74 Å². The van der Waals surface area contributed by atoms with E-state index in [2.05, 4.69) is 5.10 Å². The van der Waals surface area contributed by atoms with Gasteiger partial charge in [0.1, 0.15) is 6.29 Å². The number of fused-ring (bicyclic) bond motifs is 1. The molecule has 0 fully saturated rings. The minimum absolute atomic E-state index is 0.116. The summed E-state index contributed by atoms with van der Waals surface area (Å²) in [5.41, 5.74) is 2.05. The van der Waals surface area contributed by atoms with E-state index < -0.39 is 0 Å². The maximum Gasteiger partial charge on any atom is 0.214 e. The molecule has 2 aromatic heterocycles. The molecule has 0 aliphatic carbocycles. The summed E-state index contributed by atoms with van der Waals surface area (Å²) in [5, 5.41) is 4.36. The second-order valence-electron chi connectivity index (χ2n) is 3.87. The Balaban J connectivity index is 2.64. The van der Waals surface area contributed by atoms with E-state index in [0.29, 0.717) is 23.2 Å². The van der Waals surface area contributed by atoms with Gasteiger partial charge in [-0.3, -0.25) is 4.79 Å². The molecule has 2 rings (SSSR count). The van der Waals surface area contributed by atoms with Gasteiger partial charge in [-0.1, -0.05) is 6.92 Å². The molecule has 0 N–H and O–H groups in total. The number of nitrogens with zero attached hydrogens (tertiary/aromatic N) is 2. The fourth-order valence-corrected chi connectivity index (χ4v) is 1.85. The smallest absolute Gasteiger partial charge is 0.214 e. The molecule has 18 heavy (non-hydrogen) atoms. The lowest BCUT2D eigenvalue weighted by atomic mass is 10.1. The third-order valence-electron chi connectivity index (χ3n) is 2.78. The molecule has 0 unspecified atom stereocenters. The second kappa shape index (κ2) is 5.00. The van der Waals surface area contributed by atoms with Gasteiger partial charge in [0.25, 0.3) is 0 Å². The molecule has 0 atom stereocenters. The SMILES string of the molecule is CCc1cc2c(C(=O)CC=O)ccc(OC)n2n1. The fourth-order valence-electron chi connectivity index (χ4n) is 1.85. The largest absolute Gasteiger partial charge is 0.481 e. The quantitative estimate of drug-likeness (QED) is 0.457. The van der Waals surface area contributed by atoms with Crippen LogP contribution in [-0.2, 0) is 11.2 Å². The van der Waals surface area contributed by atoms with Crippen molar-refractivity contribution in [3.05, 3.63) is 29.5 Å². The number of Topliss-reactive ketones (excluding diaryl/α,β-unsaturated/α-hetero) is 1. The van der Waals surface area contributed by atoms with Crippen LogP contribution in [0.2, 0.25) is 0 Å². The Morgan fingerprint density at radius 2 is 2.28 bits per heavy atom. The lowest BCUT2D eigenvalue weighted by Crippen LogP contribution is -2.04. The Kier molecular flexibility index (Phi) is 3.41. The van der Waals surface area contributed by atoms with Crippen molar-refractivity contribution in [3.63, 3.8) is 0 Å². The highest BCUT2D eigenvalue weighted by Gasteiger charge is 2.14. The molecule has 5 nitrogen and oxygen atoms in total. The zero-order chi connectivity index (χ0) is 13.1. The third kappa shape index (κ3) is 1.99. The first-order valence-corrected chi connectivity index (χ1v) is 5.73. The Bertz CT molecular complexity index is 602. The Hall–Kier alpha value is -2.17. The number of carbonyl (C=O) groups excluding carboxylic acids is 2. The van der Waals surface area contributed by atoms with Crippen molar-refractivity contribution in [3.8, 4) is 5.88 Å². The van der Waals surface area contributed by atoms with Crippen LogP contribution in [0.15, 0.2) is 18.2 Å². The van der Waals surface area contributed by atoms with Gasteiger partial charge in [-0.2, -0.15) is 5.10 Å². The van der Waals surface area contributed by atoms with Crippen molar-refractivity contribution in [2.45, 2.75) is 19.8 Å². The van der Waals surface area contributed by atoms with Crippen molar-refractivity contribution < 1.29 is 14.3 Å². The molecule has 2 heterocycles. The highest BCUT2D eigenvalue weighted by Crippen LogP contribution is 2.21. The van der Waals surface area contributed by atoms with Crippen LogP contribution in [0.25, 0.3) is 5.52 Å². The Labute approximate surface area is 104 Å². The number of aldehydes is 1. The zero-order valence-corrected chi connectivity index (χ0v) is 10.3. The molecule has 0 amide bonds. The molecule has 2 aromatic rings. The van der Waals surface area contributed by atoms with Crippen molar-refractivity contribution in [1.82, 2.24) is 9.61 Å². The molecule has 94 valence electrons. The van der Waals surface area contributed by atoms with Gasteiger partial charge in [0.05, 0.1) is 24.7 Å². The number of ketones is 1. The minimum atomic E-state index is -0.208. The van der Waals surface area contributed by atoms with Crippen molar-refractivity contribution in [2.75, 3.05) is 7.11 Å². The number of aryl methyl sites for hydroxylation is 1. The van der Waals surface area contributed by atoms with Crippen LogP contribution in [0, 0.1) is 0 Å². The molecule has 0 radical (unpaired) electrons. The van der Waals surface area contributed by atoms with Crippen LogP contribution in [-0.4, -0.2) is 28.8 Å². The lowest BCUT2D eigenvalue weighted by molar-refractivity contribution is -0.107. The number of hydrogen-bond acceptors (Lipinski definition) is 4. The number of rotatable bonds is 5. The highest BCUT2D eigenvalue weighted by molar-refractivity contribution is 6.07. The van der Waals surface area contributed by atoms with E-state index in [4.69, 9.17) is 4.74 Å². The van der Waals surface area contributed by atoms with E-state index in [-0.39, 0.29) is 12.2 Å². The van der Waals surface area contributed by atoms with Gasteiger partial charge in [0.2, 0.25) is 5.88 Å². The zero-order valence-electron chi connectivity index (χ0n) is 10.3. The van der Waals surface area contributed by atoms with E-state index >= 15 is 0 Å². The minimum Gasteiger partial charge on any atom is -0.481 e. The summed E-state index contributed by atoms with van der Waals surface area (Å²) in [4.78, 5) is 22.3. The molecule has 0 saturated heterocycles. The summed E-state index contributed by atoms with van der Waals surface area (Å²) in [6.07, 6.45) is 1.26.